The minimum absolute atomic E-state index is 0.0141. The standard InChI is InChI=1S/C19H20ClN3O3S/c1-3-12(2)21-16(24)11-22-15-8-9-27-17(15)18(25)23(19(22)26)10-13-6-4-5-7-14(13)20/h4-9,12H,3,10-11H2,1-2H3,(H,21,24)/t12-/m0/s1. The van der Waals surface area contributed by atoms with Gasteiger partial charge in [-0.3, -0.25) is 18.7 Å². The monoisotopic (exact) mass is 405 g/mol. The maximum Gasteiger partial charge on any atom is 0.332 e. The molecule has 1 N–H and O–H groups in total. The SMILES string of the molecule is CC[C@H](C)NC(=O)Cn1c(=O)n(Cc2ccccc2Cl)c(=O)c2sccc21. The van der Waals surface area contributed by atoms with E-state index in [-0.39, 0.29) is 30.6 Å². The van der Waals surface area contributed by atoms with Gasteiger partial charge >= 0.3 is 5.69 Å². The summed E-state index contributed by atoms with van der Waals surface area (Å²) < 4.78 is 2.93. The first kappa shape index (κ1) is 19.4. The zero-order valence-corrected chi connectivity index (χ0v) is 16.6. The second-order valence-electron chi connectivity index (χ2n) is 6.36. The van der Waals surface area contributed by atoms with Crippen LogP contribution in [0.2, 0.25) is 5.02 Å². The molecule has 0 aliphatic heterocycles. The highest BCUT2D eigenvalue weighted by atomic mass is 35.5. The fourth-order valence-electron chi connectivity index (χ4n) is 2.79. The van der Waals surface area contributed by atoms with Crippen molar-refractivity contribution in [2.24, 2.45) is 0 Å². The molecule has 0 bridgehead atoms. The molecule has 3 rings (SSSR count). The number of rotatable bonds is 6. The van der Waals surface area contributed by atoms with Gasteiger partial charge in [0.1, 0.15) is 11.2 Å². The zero-order chi connectivity index (χ0) is 19.6. The average Bonchev–Trinajstić information content (AvgIpc) is 3.13. The first-order chi connectivity index (χ1) is 12.9. The third-order valence-electron chi connectivity index (χ3n) is 4.44. The number of nitrogens with one attached hydrogen (secondary N) is 1. The molecule has 3 aromatic rings. The maximum absolute atomic E-state index is 13.0. The quantitative estimate of drug-likeness (QED) is 0.685. The molecule has 142 valence electrons. The lowest BCUT2D eigenvalue weighted by Gasteiger charge is -2.15. The molecule has 8 heteroatoms. The second-order valence-corrected chi connectivity index (χ2v) is 7.69. The minimum Gasteiger partial charge on any atom is -0.352 e. The van der Waals surface area contributed by atoms with Crippen LogP contribution in [-0.4, -0.2) is 21.1 Å². The number of carbonyl (C=O) groups excluding carboxylic acids is 1. The molecule has 1 aromatic carbocycles. The molecule has 1 atom stereocenters. The largest absolute Gasteiger partial charge is 0.352 e. The van der Waals surface area contributed by atoms with Gasteiger partial charge in [0.2, 0.25) is 5.91 Å². The van der Waals surface area contributed by atoms with Gasteiger partial charge in [0.05, 0.1) is 12.1 Å². The van der Waals surface area contributed by atoms with E-state index < -0.39 is 5.69 Å². The van der Waals surface area contributed by atoms with E-state index in [4.69, 9.17) is 11.6 Å². The summed E-state index contributed by atoms with van der Waals surface area (Å²) in [5, 5.41) is 5.08. The summed E-state index contributed by atoms with van der Waals surface area (Å²) >= 11 is 7.44. The van der Waals surface area contributed by atoms with Crippen molar-refractivity contribution in [3.05, 3.63) is 67.1 Å². The van der Waals surface area contributed by atoms with E-state index in [1.165, 1.54) is 15.9 Å². The molecule has 0 aliphatic rings. The van der Waals surface area contributed by atoms with Gasteiger partial charge in [0.25, 0.3) is 5.56 Å². The van der Waals surface area contributed by atoms with Gasteiger partial charge in [-0.05, 0) is 36.4 Å². The van der Waals surface area contributed by atoms with E-state index in [9.17, 15) is 14.4 Å². The third-order valence-corrected chi connectivity index (χ3v) is 5.70. The number of fused-ring (bicyclic) bond motifs is 1. The average molecular weight is 406 g/mol. The van der Waals surface area contributed by atoms with E-state index in [1.54, 1.807) is 35.7 Å². The zero-order valence-electron chi connectivity index (χ0n) is 15.1. The van der Waals surface area contributed by atoms with Crippen LogP contribution in [0.4, 0.5) is 0 Å². The smallest absolute Gasteiger partial charge is 0.332 e. The molecule has 0 unspecified atom stereocenters. The van der Waals surface area contributed by atoms with Crippen molar-refractivity contribution in [3.8, 4) is 0 Å². The number of hydrogen-bond donors (Lipinski definition) is 1. The summed E-state index contributed by atoms with van der Waals surface area (Å²) in [6, 6.07) is 8.78. The summed E-state index contributed by atoms with van der Waals surface area (Å²) in [5.74, 6) is -0.262. The van der Waals surface area contributed by atoms with Crippen molar-refractivity contribution in [3.63, 3.8) is 0 Å². The van der Waals surface area contributed by atoms with Crippen molar-refractivity contribution < 1.29 is 4.79 Å². The minimum atomic E-state index is -0.523. The van der Waals surface area contributed by atoms with E-state index in [0.717, 1.165) is 11.0 Å². The molecular formula is C19H20ClN3O3S. The molecule has 0 spiro atoms. The molecule has 0 saturated carbocycles. The first-order valence-corrected chi connectivity index (χ1v) is 9.91. The molecule has 0 fully saturated rings. The van der Waals surface area contributed by atoms with Gasteiger partial charge in [-0.15, -0.1) is 11.3 Å². The van der Waals surface area contributed by atoms with Crippen LogP contribution in [0.25, 0.3) is 10.2 Å². The lowest BCUT2D eigenvalue weighted by molar-refractivity contribution is -0.122. The van der Waals surface area contributed by atoms with Crippen LogP contribution in [0.15, 0.2) is 45.3 Å². The van der Waals surface area contributed by atoms with Crippen LogP contribution < -0.4 is 16.6 Å². The van der Waals surface area contributed by atoms with Crippen LogP contribution in [0.3, 0.4) is 0 Å². The Hall–Kier alpha value is -2.38. The number of thiophene rings is 1. The predicted molar refractivity (Wildman–Crippen MR) is 109 cm³/mol. The molecule has 0 radical (unpaired) electrons. The van der Waals surface area contributed by atoms with Gasteiger partial charge in [0.15, 0.2) is 0 Å². The number of amides is 1. The Morgan fingerprint density at radius 1 is 1.22 bits per heavy atom. The van der Waals surface area contributed by atoms with Gasteiger partial charge in [-0.2, -0.15) is 0 Å². The van der Waals surface area contributed by atoms with E-state index in [2.05, 4.69) is 5.32 Å². The Bertz CT molecular complexity index is 1100. The number of halogens is 1. The highest BCUT2D eigenvalue weighted by Crippen LogP contribution is 2.18. The Morgan fingerprint density at radius 3 is 2.67 bits per heavy atom. The Kier molecular flexibility index (Phi) is 5.82. The molecule has 0 aliphatic carbocycles. The molecule has 2 aromatic heterocycles. The lowest BCUT2D eigenvalue weighted by atomic mass is 10.2. The molecule has 2 heterocycles. The molecule has 27 heavy (non-hydrogen) atoms. The van der Waals surface area contributed by atoms with Crippen LogP contribution in [0.1, 0.15) is 25.8 Å². The normalized spacial score (nSPS) is 12.3. The maximum atomic E-state index is 13.0. The lowest BCUT2D eigenvalue weighted by Crippen LogP contribution is -2.43. The van der Waals surface area contributed by atoms with Gasteiger partial charge in [-0.25, -0.2) is 4.79 Å². The summed E-state index contributed by atoms with van der Waals surface area (Å²) in [5.41, 5.74) is 0.253. The van der Waals surface area contributed by atoms with Crippen LogP contribution in [-0.2, 0) is 17.9 Å². The van der Waals surface area contributed by atoms with Gasteiger partial charge < -0.3 is 5.32 Å². The van der Waals surface area contributed by atoms with Crippen molar-refractivity contribution in [2.45, 2.75) is 39.4 Å². The highest BCUT2D eigenvalue weighted by molar-refractivity contribution is 7.17. The van der Waals surface area contributed by atoms with Crippen LogP contribution in [0, 0.1) is 0 Å². The third kappa shape index (κ3) is 3.99. The molecule has 6 nitrogen and oxygen atoms in total. The van der Waals surface area contributed by atoms with Crippen LogP contribution in [0.5, 0.6) is 0 Å². The fraction of sp³-hybridized carbons (Fsp3) is 0.316. The van der Waals surface area contributed by atoms with Crippen molar-refractivity contribution in [1.82, 2.24) is 14.5 Å². The summed E-state index contributed by atoms with van der Waals surface area (Å²) in [7, 11) is 0. The predicted octanol–water partition coefficient (Wildman–Crippen LogP) is 2.84. The Labute approximate surface area is 165 Å². The van der Waals surface area contributed by atoms with E-state index in [0.29, 0.717) is 20.8 Å². The number of aromatic nitrogens is 2. The van der Waals surface area contributed by atoms with Gasteiger partial charge in [0, 0.05) is 11.1 Å². The molecular weight excluding hydrogens is 386 g/mol. The number of benzene rings is 1. The summed E-state index contributed by atoms with van der Waals surface area (Å²) in [6.45, 7) is 3.79. The van der Waals surface area contributed by atoms with Crippen molar-refractivity contribution in [2.75, 3.05) is 0 Å². The fourth-order valence-corrected chi connectivity index (χ4v) is 3.83. The first-order valence-electron chi connectivity index (χ1n) is 8.66. The molecule has 0 saturated heterocycles. The molecule has 1 amide bonds. The summed E-state index contributed by atoms with van der Waals surface area (Å²) in [4.78, 5) is 38.2. The second kappa shape index (κ2) is 8.10. The highest BCUT2D eigenvalue weighted by Gasteiger charge is 2.17. The number of hydrogen-bond acceptors (Lipinski definition) is 4. The van der Waals surface area contributed by atoms with Crippen LogP contribution >= 0.6 is 22.9 Å². The van der Waals surface area contributed by atoms with Crippen molar-refractivity contribution >= 4 is 39.1 Å². The number of carbonyl (C=O) groups is 1. The van der Waals surface area contributed by atoms with E-state index in [1.807, 2.05) is 13.8 Å². The Balaban J connectivity index is 2.08. The van der Waals surface area contributed by atoms with Crippen molar-refractivity contribution in [1.29, 1.82) is 0 Å². The topological polar surface area (TPSA) is 73.1 Å². The Morgan fingerprint density at radius 2 is 1.96 bits per heavy atom. The van der Waals surface area contributed by atoms with Gasteiger partial charge in [-0.1, -0.05) is 36.7 Å². The number of nitrogens with zero attached hydrogens (tertiary/aromatic N) is 2. The van der Waals surface area contributed by atoms with E-state index >= 15 is 0 Å². The summed E-state index contributed by atoms with van der Waals surface area (Å²) in [6.07, 6.45) is 0.792.